The Morgan fingerprint density at radius 2 is 1.71 bits per heavy atom. The molecule has 0 spiro atoms. The van der Waals surface area contributed by atoms with Crippen LogP contribution in [0.2, 0.25) is 0 Å². The third-order valence-corrected chi connectivity index (χ3v) is 6.43. The Morgan fingerprint density at radius 3 is 2.26 bits per heavy atom. The number of aromatic nitrogens is 1. The van der Waals surface area contributed by atoms with Crippen LogP contribution in [0.3, 0.4) is 0 Å². The van der Waals surface area contributed by atoms with Crippen molar-refractivity contribution in [3.63, 3.8) is 0 Å². The van der Waals surface area contributed by atoms with Gasteiger partial charge in [-0.15, -0.1) is 0 Å². The SMILES string of the molecule is NS(=O)(=O)c1c(C(F)(F)F)ccc(-c2ccc(C3CCNCC3)nc2)c1C1NNNN1. The number of benzene rings is 1. The molecule has 9 nitrogen and oxygen atoms in total. The Bertz CT molecular complexity index is 1050. The maximum atomic E-state index is 13.6. The number of sulfonamides is 1. The smallest absolute Gasteiger partial charge is 0.317 e. The second kappa shape index (κ2) is 8.43. The average molecular weight is 457 g/mol. The number of nitrogens with zero attached hydrogens (tertiary/aromatic N) is 1. The number of hydrazine groups is 3. The number of alkyl halides is 3. The largest absolute Gasteiger partial charge is 0.417 e. The number of hydrogen-bond donors (Lipinski definition) is 6. The van der Waals surface area contributed by atoms with Gasteiger partial charge in [0.05, 0.1) is 5.56 Å². The summed E-state index contributed by atoms with van der Waals surface area (Å²) in [5, 5.41) is 8.53. The first-order valence-corrected chi connectivity index (χ1v) is 11.2. The predicted molar refractivity (Wildman–Crippen MR) is 106 cm³/mol. The highest BCUT2D eigenvalue weighted by Gasteiger charge is 2.40. The van der Waals surface area contributed by atoms with Crippen molar-refractivity contribution in [2.75, 3.05) is 13.1 Å². The second-order valence-corrected chi connectivity index (χ2v) is 8.91. The molecule has 0 amide bonds. The molecule has 0 bridgehead atoms. The average Bonchev–Trinajstić information content (AvgIpc) is 3.27. The molecule has 2 aliphatic rings. The van der Waals surface area contributed by atoms with Gasteiger partial charge in [-0.2, -0.15) is 24.2 Å². The molecule has 7 N–H and O–H groups in total. The monoisotopic (exact) mass is 457 g/mol. The first-order chi connectivity index (χ1) is 14.7. The summed E-state index contributed by atoms with van der Waals surface area (Å²) in [6, 6.07) is 5.53. The predicted octanol–water partition coefficient (Wildman–Crippen LogP) is 0.997. The van der Waals surface area contributed by atoms with E-state index >= 15 is 0 Å². The van der Waals surface area contributed by atoms with Crippen LogP contribution in [0, 0.1) is 0 Å². The van der Waals surface area contributed by atoms with Crippen molar-refractivity contribution in [3.8, 4) is 11.1 Å². The molecule has 31 heavy (non-hydrogen) atoms. The van der Waals surface area contributed by atoms with Gasteiger partial charge in [-0.05, 0) is 43.6 Å². The van der Waals surface area contributed by atoms with E-state index in [1.165, 1.54) is 6.07 Å². The standard InChI is InChI=1S/C18H22F3N7O2S/c19-18(20,21)13-3-2-12(15(16(13)31(22,29)30)17-25-27-28-26-17)11-1-4-14(24-9-11)10-5-7-23-8-6-10/h1-4,9-10,17,23,25-28H,5-8H2,(H2,22,29,30). The second-order valence-electron chi connectivity index (χ2n) is 7.41. The first-order valence-electron chi connectivity index (χ1n) is 9.61. The van der Waals surface area contributed by atoms with Gasteiger partial charge in [-0.1, -0.05) is 12.1 Å². The lowest BCUT2D eigenvalue weighted by molar-refractivity contribution is -0.140. The van der Waals surface area contributed by atoms with E-state index in [2.05, 4.69) is 32.2 Å². The van der Waals surface area contributed by atoms with Gasteiger partial charge in [0, 0.05) is 28.9 Å². The van der Waals surface area contributed by atoms with Crippen LogP contribution < -0.4 is 32.4 Å². The minimum absolute atomic E-state index is 0.161. The molecule has 0 atom stereocenters. The number of primary sulfonamides is 1. The summed E-state index contributed by atoms with van der Waals surface area (Å²) < 4.78 is 65.5. The quantitative estimate of drug-likeness (QED) is 0.401. The fourth-order valence-corrected chi connectivity index (χ4v) is 5.01. The van der Waals surface area contributed by atoms with Crippen molar-refractivity contribution in [1.82, 2.24) is 32.2 Å². The van der Waals surface area contributed by atoms with Gasteiger partial charge in [0.15, 0.2) is 0 Å². The highest BCUT2D eigenvalue weighted by molar-refractivity contribution is 7.89. The van der Waals surface area contributed by atoms with Gasteiger partial charge < -0.3 is 5.32 Å². The van der Waals surface area contributed by atoms with E-state index in [0.717, 1.165) is 37.7 Å². The molecule has 2 aromatic rings. The minimum atomic E-state index is -4.91. The summed E-state index contributed by atoms with van der Waals surface area (Å²) in [5.41, 5.74) is 10.4. The molecule has 0 saturated carbocycles. The molecule has 0 radical (unpaired) electrons. The molecule has 0 aliphatic carbocycles. The Kier molecular flexibility index (Phi) is 6.00. The normalized spacial score (nSPS) is 19.1. The van der Waals surface area contributed by atoms with E-state index in [0.29, 0.717) is 11.5 Å². The fourth-order valence-electron chi connectivity index (χ4n) is 3.99. The lowest BCUT2D eigenvalue weighted by Crippen LogP contribution is -2.33. The zero-order valence-corrected chi connectivity index (χ0v) is 17.1. The number of hydrogen-bond acceptors (Lipinski definition) is 8. The van der Waals surface area contributed by atoms with Gasteiger partial charge >= 0.3 is 6.18 Å². The third kappa shape index (κ3) is 4.57. The number of piperidine rings is 1. The van der Waals surface area contributed by atoms with Gasteiger partial charge in [-0.3, -0.25) is 4.98 Å². The summed E-state index contributed by atoms with van der Waals surface area (Å²) in [6.45, 7) is 1.79. The number of rotatable bonds is 4. The van der Waals surface area contributed by atoms with Crippen LogP contribution >= 0.6 is 0 Å². The van der Waals surface area contributed by atoms with Crippen molar-refractivity contribution < 1.29 is 21.6 Å². The van der Waals surface area contributed by atoms with Crippen LogP contribution in [0.1, 0.15) is 41.7 Å². The maximum Gasteiger partial charge on any atom is 0.417 e. The molecule has 13 heteroatoms. The Hall–Kier alpha value is -2.13. The zero-order valence-electron chi connectivity index (χ0n) is 16.3. The van der Waals surface area contributed by atoms with Gasteiger partial charge in [0.25, 0.3) is 0 Å². The molecule has 3 heterocycles. The summed E-state index contributed by atoms with van der Waals surface area (Å²) in [4.78, 5) is 3.52. The Balaban J connectivity index is 1.86. The summed E-state index contributed by atoms with van der Waals surface area (Å²) >= 11 is 0. The van der Waals surface area contributed by atoms with E-state index in [1.54, 1.807) is 12.3 Å². The summed E-state index contributed by atoms with van der Waals surface area (Å²) in [5.74, 6) is 0.300. The number of nitrogens with two attached hydrogens (primary N) is 1. The van der Waals surface area contributed by atoms with Crippen molar-refractivity contribution in [2.24, 2.45) is 5.14 Å². The van der Waals surface area contributed by atoms with Crippen molar-refractivity contribution in [2.45, 2.75) is 36.0 Å². The molecular weight excluding hydrogens is 435 g/mol. The summed E-state index contributed by atoms with van der Waals surface area (Å²) in [7, 11) is -4.72. The minimum Gasteiger partial charge on any atom is -0.317 e. The lowest BCUT2D eigenvalue weighted by Gasteiger charge is -2.23. The molecule has 168 valence electrons. The van der Waals surface area contributed by atoms with E-state index < -0.39 is 32.8 Å². The van der Waals surface area contributed by atoms with Crippen LogP contribution in [0.4, 0.5) is 13.2 Å². The van der Waals surface area contributed by atoms with E-state index in [1.807, 2.05) is 6.07 Å². The van der Waals surface area contributed by atoms with Crippen molar-refractivity contribution in [3.05, 3.63) is 47.3 Å². The van der Waals surface area contributed by atoms with Crippen LogP contribution in [0.5, 0.6) is 0 Å². The van der Waals surface area contributed by atoms with Gasteiger partial charge in [-0.25, -0.2) is 24.4 Å². The van der Waals surface area contributed by atoms with Crippen LogP contribution in [-0.4, -0.2) is 26.5 Å². The molecule has 2 saturated heterocycles. The lowest BCUT2D eigenvalue weighted by atomic mass is 9.92. The summed E-state index contributed by atoms with van der Waals surface area (Å²) in [6.07, 6.45) is -2.48. The molecular formula is C18H22F3N7O2S. The molecule has 2 aliphatic heterocycles. The van der Waals surface area contributed by atoms with Crippen LogP contribution in [-0.2, 0) is 16.2 Å². The van der Waals surface area contributed by atoms with Crippen molar-refractivity contribution in [1.29, 1.82) is 0 Å². The third-order valence-electron chi connectivity index (χ3n) is 5.42. The number of nitrogens with one attached hydrogen (secondary N) is 5. The highest BCUT2D eigenvalue weighted by Crippen LogP contribution is 2.41. The topological polar surface area (TPSA) is 133 Å². The first kappa shape index (κ1) is 22.1. The number of halogens is 3. The molecule has 1 aromatic heterocycles. The maximum absolute atomic E-state index is 13.6. The molecule has 1 aromatic carbocycles. The Morgan fingerprint density at radius 1 is 1.03 bits per heavy atom. The fraction of sp³-hybridized carbons (Fsp3) is 0.389. The zero-order chi connectivity index (χ0) is 22.2. The molecule has 2 fully saturated rings. The van der Waals surface area contributed by atoms with E-state index in [-0.39, 0.29) is 11.1 Å². The molecule has 0 unspecified atom stereocenters. The highest BCUT2D eigenvalue weighted by atomic mass is 32.2. The Labute approximate surface area is 177 Å². The van der Waals surface area contributed by atoms with Crippen LogP contribution in [0.25, 0.3) is 11.1 Å². The number of pyridine rings is 1. The van der Waals surface area contributed by atoms with Gasteiger partial charge in [0.1, 0.15) is 11.1 Å². The van der Waals surface area contributed by atoms with Gasteiger partial charge in [0.2, 0.25) is 10.0 Å². The van der Waals surface area contributed by atoms with Crippen LogP contribution in [0.15, 0.2) is 35.4 Å². The van der Waals surface area contributed by atoms with E-state index in [4.69, 9.17) is 5.14 Å². The van der Waals surface area contributed by atoms with E-state index in [9.17, 15) is 21.6 Å². The van der Waals surface area contributed by atoms with Crippen molar-refractivity contribution >= 4 is 10.0 Å². The molecule has 4 rings (SSSR count).